The molecule has 0 radical (unpaired) electrons. The Balaban J connectivity index is 1.54. The van der Waals surface area contributed by atoms with E-state index in [4.69, 9.17) is 9.47 Å². The Hall–Kier alpha value is -2.76. The van der Waals surface area contributed by atoms with Gasteiger partial charge < -0.3 is 19.3 Å². The Morgan fingerprint density at radius 2 is 1.71 bits per heavy atom. The van der Waals surface area contributed by atoms with Crippen LogP contribution in [0.15, 0.2) is 42.5 Å². The van der Waals surface area contributed by atoms with Gasteiger partial charge in [0.15, 0.2) is 11.5 Å². The first-order valence-electron chi connectivity index (χ1n) is 9.60. The van der Waals surface area contributed by atoms with Gasteiger partial charge in [0.2, 0.25) is 5.91 Å². The number of hydrogen-bond acceptors (Lipinski definition) is 4. The van der Waals surface area contributed by atoms with Gasteiger partial charge in [0.05, 0.1) is 14.2 Å². The third-order valence-electron chi connectivity index (χ3n) is 5.12. The van der Waals surface area contributed by atoms with Crippen molar-refractivity contribution in [1.82, 2.24) is 4.90 Å². The number of benzene rings is 2. The number of methoxy groups -OCH3 is 2. The van der Waals surface area contributed by atoms with Crippen LogP contribution in [0.4, 0.5) is 10.1 Å². The van der Waals surface area contributed by atoms with Gasteiger partial charge in [-0.3, -0.25) is 4.79 Å². The fraction of sp³-hybridized carbons (Fsp3) is 0.409. The summed E-state index contributed by atoms with van der Waals surface area (Å²) in [5, 5.41) is 0. The smallest absolute Gasteiger partial charge is 0.222 e. The molecule has 1 fully saturated rings. The monoisotopic (exact) mass is 386 g/mol. The summed E-state index contributed by atoms with van der Waals surface area (Å²) in [4.78, 5) is 16.8. The van der Waals surface area contributed by atoms with Crippen LogP contribution in [0.5, 0.6) is 11.5 Å². The maximum Gasteiger partial charge on any atom is 0.222 e. The molecule has 6 heteroatoms. The summed E-state index contributed by atoms with van der Waals surface area (Å²) in [6.07, 6.45) is 2.03. The minimum absolute atomic E-state index is 0.163. The van der Waals surface area contributed by atoms with Gasteiger partial charge in [-0.05, 0) is 54.8 Å². The third-order valence-corrected chi connectivity index (χ3v) is 5.12. The number of halogens is 1. The van der Waals surface area contributed by atoms with E-state index in [0.29, 0.717) is 30.9 Å². The molecule has 0 unspecified atom stereocenters. The van der Waals surface area contributed by atoms with E-state index >= 15 is 0 Å². The summed E-state index contributed by atoms with van der Waals surface area (Å²) in [5.41, 5.74) is 2.05. The van der Waals surface area contributed by atoms with E-state index in [2.05, 4.69) is 4.90 Å². The molecular weight excluding hydrogens is 359 g/mol. The standard InChI is InChI=1S/C22H27FN2O3/c1-27-20-10-4-17(16-21(20)28-2)5-11-22(26)25-13-3-12-24(14-15-25)19-8-6-18(23)7-9-19/h4,6-10,16H,3,5,11-15H2,1-2H3. The first-order chi connectivity index (χ1) is 13.6. The highest BCUT2D eigenvalue weighted by Gasteiger charge is 2.19. The van der Waals surface area contributed by atoms with Gasteiger partial charge >= 0.3 is 0 Å². The molecule has 0 atom stereocenters. The van der Waals surface area contributed by atoms with Crippen LogP contribution in [0.3, 0.4) is 0 Å². The second-order valence-corrected chi connectivity index (χ2v) is 6.89. The second kappa shape index (κ2) is 9.44. The molecule has 0 aromatic heterocycles. The summed E-state index contributed by atoms with van der Waals surface area (Å²) in [7, 11) is 3.21. The Morgan fingerprint density at radius 1 is 0.964 bits per heavy atom. The number of amides is 1. The Bertz CT molecular complexity index is 795. The summed E-state index contributed by atoms with van der Waals surface area (Å²) in [5.74, 6) is 1.30. The van der Waals surface area contributed by atoms with E-state index in [1.54, 1.807) is 26.4 Å². The quantitative estimate of drug-likeness (QED) is 0.762. The van der Waals surface area contributed by atoms with E-state index in [9.17, 15) is 9.18 Å². The molecule has 0 aliphatic carbocycles. The second-order valence-electron chi connectivity index (χ2n) is 6.89. The first kappa shape index (κ1) is 20.0. The molecule has 2 aromatic carbocycles. The fourth-order valence-electron chi connectivity index (χ4n) is 3.52. The summed E-state index contributed by atoms with van der Waals surface area (Å²) < 4.78 is 23.7. The number of carbonyl (C=O) groups is 1. The van der Waals surface area contributed by atoms with Gasteiger partial charge in [-0.25, -0.2) is 4.39 Å². The molecule has 1 aliphatic rings. The van der Waals surface area contributed by atoms with Crippen LogP contribution in [0, 0.1) is 5.82 Å². The van der Waals surface area contributed by atoms with E-state index in [1.165, 1.54) is 12.1 Å². The molecule has 28 heavy (non-hydrogen) atoms. The zero-order valence-electron chi connectivity index (χ0n) is 16.5. The normalized spacial score (nSPS) is 14.5. The fourth-order valence-corrected chi connectivity index (χ4v) is 3.52. The maximum atomic E-state index is 13.1. The van der Waals surface area contributed by atoms with E-state index < -0.39 is 0 Å². The molecule has 0 N–H and O–H groups in total. The van der Waals surface area contributed by atoms with Crippen molar-refractivity contribution in [2.45, 2.75) is 19.3 Å². The van der Waals surface area contributed by atoms with Crippen molar-refractivity contribution >= 4 is 11.6 Å². The minimum atomic E-state index is -0.231. The SMILES string of the molecule is COc1ccc(CCC(=O)N2CCCN(c3ccc(F)cc3)CC2)cc1OC. The molecule has 0 bridgehead atoms. The predicted molar refractivity (Wildman–Crippen MR) is 108 cm³/mol. The molecule has 150 valence electrons. The van der Waals surface area contributed by atoms with Crippen molar-refractivity contribution in [3.63, 3.8) is 0 Å². The summed E-state index contributed by atoms with van der Waals surface area (Å²) in [6, 6.07) is 12.3. The number of hydrogen-bond donors (Lipinski definition) is 0. The number of ether oxygens (including phenoxy) is 2. The lowest BCUT2D eigenvalue weighted by molar-refractivity contribution is -0.130. The molecule has 3 rings (SSSR count). The molecular formula is C22H27FN2O3. The average molecular weight is 386 g/mol. The summed E-state index contributed by atoms with van der Waals surface area (Å²) in [6.45, 7) is 3.06. The van der Waals surface area contributed by atoms with Gasteiger partial charge in [0.25, 0.3) is 0 Å². The van der Waals surface area contributed by atoms with Crippen molar-refractivity contribution in [1.29, 1.82) is 0 Å². The maximum absolute atomic E-state index is 13.1. The number of carbonyl (C=O) groups excluding carboxylic acids is 1. The lowest BCUT2D eigenvalue weighted by Gasteiger charge is -2.23. The number of nitrogens with zero attached hydrogens (tertiary/aromatic N) is 2. The molecule has 1 saturated heterocycles. The van der Waals surface area contributed by atoms with Crippen molar-refractivity contribution in [3.05, 3.63) is 53.8 Å². The van der Waals surface area contributed by atoms with Crippen LogP contribution in [0.2, 0.25) is 0 Å². The van der Waals surface area contributed by atoms with Gasteiger partial charge in [-0.15, -0.1) is 0 Å². The van der Waals surface area contributed by atoms with E-state index in [1.807, 2.05) is 23.1 Å². The zero-order chi connectivity index (χ0) is 19.9. The van der Waals surface area contributed by atoms with Crippen LogP contribution >= 0.6 is 0 Å². The lowest BCUT2D eigenvalue weighted by atomic mass is 10.1. The highest BCUT2D eigenvalue weighted by Crippen LogP contribution is 2.28. The number of rotatable bonds is 6. The van der Waals surface area contributed by atoms with Crippen molar-refractivity contribution in [3.8, 4) is 11.5 Å². The van der Waals surface area contributed by atoms with E-state index in [0.717, 1.165) is 37.3 Å². The van der Waals surface area contributed by atoms with Crippen LogP contribution < -0.4 is 14.4 Å². The molecule has 2 aromatic rings. The van der Waals surface area contributed by atoms with Gasteiger partial charge in [-0.1, -0.05) is 6.07 Å². The van der Waals surface area contributed by atoms with E-state index in [-0.39, 0.29) is 11.7 Å². The molecule has 0 spiro atoms. The summed E-state index contributed by atoms with van der Waals surface area (Å²) >= 11 is 0. The van der Waals surface area contributed by atoms with Crippen molar-refractivity contribution in [2.24, 2.45) is 0 Å². The third kappa shape index (κ3) is 4.94. The molecule has 5 nitrogen and oxygen atoms in total. The number of aryl methyl sites for hydroxylation is 1. The Labute approximate surface area is 165 Å². The van der Waals surface area contributed by atoms with Gasteiger partial charge in [0, 0.05) is 38.3 Å². The zero-order valence-corrected chi connectivity index (χ0v) is 16.5. The van der Waals surface area contributed by atoms with Crippen molar-refractivity contribution < 1.29 is 18.7 Å². The minimum Gasteiger partial charge on any atom is -0.493 e. The first-order valence-corrected chi connectivity index (χ1v) is 9.60. The van der Waals surface area contributed by atoms with Crippen LogP contribution in [0.1, 0.15) is 18.4 Å². The molecule has 1 aliphatic heterocycles. The molecule has 0 saturated carbocycles. The predicted octanol–water partition coefficient (Wildman–Crippen LogP) is 3.51. The lowest BCUT2D eigenvalue weighted by Crippen LogP contribution is -2.35. The Morgan fingerprint density at radius 3 is 2.43 bits per heavy atom. The van der Waals surface area contributed by atoms with Crippen LogP contribution in [-0.4, -0.2) is 51.2 Å². The van der Waals surface area contributed by atoms with Crippen molar-refractivity contribution in [2.75, 3.05) is 45.3 Å². The average Bonchev–Trinajstić information content (AvgIpc) is 2.98. The topological polar surface area (TPSA) is 42.0 Å². The number of anilines is 1. The largest absolute Gasteiger partial charge is 0.493 e. The van der Waals surface area contributed by atoms with Crippen LogP contribution in [-0.2, 0) is 11.2 Å². The highest BCUT2D eigenvalue weighted by atomic mass is 19.1. The molecule has 1 amide bonds. The van der Waals surface area contributed by atoms with Gasteiger partial charge in [-0.2, -0.15) is 0 Å². The molecule has 1 heterocycles. The van der Waals surface area contributed by atoms with Gasteiger partial charge in [0.1, 0.15) is 5.82 Å². The Kier molecular flexibility index (Phi) is 6.74. The van der Waals surface area contributed by atoms with Crippen LogP contribution in [0.25, 0.3) is 0 Å². The highest BCUT2D eigenvalue weighted by molar-refractivity contribution is 5.76.